The molecule has 0 radical (unpaired) electrons. The molecule has 0 amide bonds. The van der Waals surface area contributed by atoms with Crippen LogP contribution in [-0.2, 0) is 9.53 Å². The highest BCUT2D eigenvalue weighted by atomic mass is 32.1. The lowest BCUT2D eigenvalue weighted by atomic mass is 10.1. The molecular weight excluding hydrogens is 246 g/mol. The number of esters is 1. The molecule has 94 valence electrons. The van der Waals surface area contributed by atoms with Crippen LogP contribution in [0, 0.1) is 16.0 Å². The summed E-state index contributed by atoms with van der Waals surface area (Å²) in [5.74, 6) is -0.428. The van der Waals surface area contributed by atoms with E-state index in [0.29, 0.717) is 5.13 Å². The molecule has 7 nitrogen and oxygen atoms in total. The molecule has 0 aliphatic heterocycles. The van der Waals surface area contributed by atoms with Gasteiger partial charge in [-0.3, -0.25) is 10.1 Å². The topological polar surface area (TPSA) is 94.4 Å². The number of thiazole rings is 1. The molecule has 0 aliphatic carbocycles. The number of aromatic nitrogens is 1. The quantitative estimate of drug-likeness (QED) is 0.491. The Balaban J connectivity index is 2.79. The van der Waals surface area contributed by atoms with Gasteiger partial charge in [-0.2, -0.15) is 0 Å². The SMILES string of the molecule is COC(=O)C(Nc1ncc([N+](=O)[O-])s1)C(C)C. The molecule has 0 aliphatic rings. The van der Waals surface area contributed by atoms with E-state index in [9.17, 15) is 14.9 Å². The fourth-order valence-electron chi connectivity index (χ4n) is 1.17. The van der Waals surface area contributed by atoms with Crippen molar-refractivity contribution < 1.29 is 14.5 Å². The zero-order valence-corrected chi connectivity index (χ0v) is 10.5. The summed E-state index contributed by atoms with van der Waals surface area (Å²) in [6.45, 7) is 3.69. The van der Waals surface area contributed by atoms with Crippen molar-refractivity contribution >= 4 is 27.4 Å². The van der Waals surface area contributed by atoms with Gasteiger partial charge in [0.25, 0.3) is 0 Å². The molecule has 0 saturated carbocycles. The molecule has 0 aromatic carbocycles. The third-order valence-electron chi connectivity index (χ3n) is 2.07. The average molecular weight is 259 g/mol. The average Bonchev–Trinajstić information content (AvgIpc) is 2.73. The van der Waals surface area contributed by atoms with Crippen LogP contribution in [0.2, 0.25) is 0 Å². The third kappa shape index (κ3) is 3.38. The number of nitrogens with one attached hydrogen (secondary N) is 1. The molecule has 1 aromatic heterocycles. The van der Waals surface area contributed by atoms with E-state index in [2.05, 4.69) is 15.0 Å². The fourth-order valence-corrected chi connectivity index (χ4v) is 1.84. The normalized spacial score (nSPS) is 12.2. The predicted octanol–water partition coefficient (Wildman–Crippen LogP) is 1.66. The fraction of sp³-hybridized carbons (Fsp3) is 0.556. The van der Waals surface area contributed by atoms with E-state index in [1.54, 1.807) is 0 Å². The van der Waals surface area contributed by atoms with Crippen molar-refractivity contribution in [3.8, 4) is 0 Å². The Morgan fingerprint density at radius 3 is 2.71 bits per heavy atom. The molecule has 1 heterocycles. The molecule has 0 spiro atoms. The number of hydrogen-bond acceptors (Lipinski definition) is 7. The van der Waals surface area contributed by atoms with Gasteiger partial charge in [0.1, 0.15) is 12.2 Å². The molecule has 0 bridgehead atoms. The maximum Gasteiger partial charge on any atom is 0.345 e. The summed E-state index contributed by atoms with van der Waals surface area (Å²) < 4.78 is 4.64. The zero-order valence-electron chi connectivity index (χ0n) is 9.67. The molecule has 1 unspecified atom stereocenters. The molecule has 0 fully saturated rings. The van der Waals surface area contributed by atoms with Crippen molar-refractivity contribution in [2.45, 2.75) is 19.9 Å². The van der Waals surface area contributed by atoms with Gasteiger partial charge in [-0.1, -0.05) is 13.8 Å². The second-order valence-corrected chi connectivity index (χ2v) is 4.66. The Morgan fingerprint density at radius 2 is 2.29 bits per heavy atom. The van der Waals surface area contributed by atoms with Gasteiger partial charge in [0.05, 0.1) is 12.0 Å². The lowest BCUT2D eigenvalue weighted by molar-refractivity contribution is -0.380. The summed E-state index contributed by atoms with van der Waals surface area (Å²) in [6.07, 6.45) is 1.15. The Bertz CT molecular complexity index is 418. The standard InChI is InChI=1S/C9H13N3O4S/c1-5(2)7(8(13)16-3)11-9-10-4-6(17-9)12(14)15/h4-5,7H,1-3H3,(H,10,11). The van der Waals surface area contributed by atoms with E-state index in [1.165, 1.54) is 7.11 Å². The van der Waals surface area contributed by atoms with Gasteiger partial charge in [0.15, 0.2) is 5.13 Å². The minimum atomic E-state index is -0.564. The van der Waals surface area contributed by atoms with E-state index < -0.39 is 16.9 Å². The largest absolute Gasteiger partial charge is 0.467 e. The van der Waals surface area contributed by atoms with Crippen LogP contribution in [0.5, 0.6) is 0 Å². The first-order chi connectivity index (χ1) is 7.95. The molecule has 1 atom stereocenters. The van der Waals surface area contributed by atoms with E-state index >= 15 is 0 Å². The number of ether oxygens (including phenoxy) is 1. The Morgan fingerprint density at radius 1 is 1.65 bits per heavy atom. The summed E-state index contributed by atoms with van der Waals surface area (Å²) in [6, 6.07) is -0.564. The minimum absolute atomic E-state index is 0.00888. The zero-order chi connectivity index (χ0) is 13.0. The van der Waals surface area contributed by atoms with Gasteiger partial charge in [0.2, 0.25) is 0 Å². The van der Waals surface area contributed by atoms with Gasteiger partial charge in [-0.15, -0.1) is 0 Å². The van der Waals surface area contributed by atoms with Crippen molar-refractivity contribution in [2.75, 3.05) is 12.4 Å². The summed E-state index contributed by atoms with van der Waals surface area (Å²) in [5.41, 5.74) is 0. The first-order valence-electron chi connectivity index (χ1n) is 4.90. The van der Waals surface area contributed by atoms with Crippen LogP contribution in [0.1, 0.15) is 13.8 Å². The first-order valence-corrected chi connectivity index (χ1v) is 5.72. The second-order valence-electron chi connectivity index (χ2n) is 3.65. The lowest BCUT2D eigenvalue weighted by Crippen LogP contribution is -2.35. The Hall–Kier alpha value is -1.70. The summed E-state index contributed by atoms with van der Waals surface area (Å²) in [4.78, 5) is 25.2. The molecular formula is C9H13N3O4S. The molecule has 1 N–H and O–H groups in total. The number of nitro groups is 1. The monoisotopic (exact) mass is 259 g/mol. The number of carbonyl (C=O) groups excluding carboxylic acids is 1. The Labute approximate surface area is 102 Å². The van der Waals surface area contributed by atoms with Crippen LogP contribution in [-0.4, -0.2) is 29.0 Å². The van der Waals surface area contributed by atoms with E-state index in [-0.39, 0.29) is 10.9 Å². The van der Waals surface area contributed by atoms with Crippen molar-refractivity contribution in [3.63, 3.8) is 0 Å². The molecule has 0 saturated heterocycles. The van der Waals surface area contributed by atoms with Crippen LogP contribution in [0.15, 0.2) is 6.20 Å². The van der Waals surface area contributed by atoms with Crippen molar-refractivity contribution in [3.05, 3.63) is 16.3 Å². The molecule has 1 aromatic rings. The van der Waals surface area contributed by atoms with Crippen molar-refractivity contribution in [1.82, 2.24) is 4.98 Å². The molecule has 17 heavy (non-hydrogen) atoms. The van der Waals surface area contributed by atoms with Crippen LogP contribution < -0.4 is 5.32 Å². The first kappa shape index (κ1) is 13.4. The molecule has 1 rings (SSSR count). The number of carbonyl (C=O) groups is 1. The highest BCUT2D eigenvalue weighted by molar-refractivity contribution is 7.18. The maximum atomic E-state index is 11.5. The highest BCUT2D eigenvalue weighted by Gasteiger charge is 2.24. The van der Waals surface area contributed by atoms with Crippen LogP contribution in [0.4, 0.5) is 10.1 Å². The van der Waals surface area contributed by atoms with E-state index in [1.807, 2.05) is 13.8 Å². The number of nitrogens with zero attached hydrogens (tertiary/aromatic N) is 2. The third-order valence-corrected chi connectivity index (χ3v) is 2.95. The summed E-state index contributed by atoms with van der Waals surface area (Å²) in [5, 5.41) is 13.6. The van der Waals surface area contributed by atoms with E-state index in [4.69, 9.17) is 0 Å². The summed E-state index contributed by atoms with van der Waals surface area (Å²) in [7, 11) is 1.30. The van der Waals surface area contributed by atoms with Crippen LogP contribution in [0.3, 0.4) is 0 Å². The highest BCUT2D eigenvalue weighted by Crippen LogP contribution is 2.26. The number of anilines is 1. The van der Waals surface area contributed by atoms with Gasteiger partial charge in [0, 0.05) is 0 Å². The lowest BCUT2D eigenvalue weighted by Gasteiger charge is -2.18. The number of rotatable bonds is 5. The van der Waals surface area contributed by atoms with Gasteiger partial charge < -0.3 is 10.1 Å². The summed E-state index contributed by atoms with van der Waals surface area (Å²) >= 11 is 0.886. The van der Waals surface area contributed by atoms with Gasteiger partial charge >= 0.3 is 11.0 Å². The van der Waals surface area contributed by atoms with Crippen molar-refractivity contribution in [1.29, 1.82) is 0 Å². The van der Waals surface area contributed by atoms with Crippen molar-refractivity contribution in [2.24, 2.45) is 5.92 Å². The van der Waals surface area contributed by atoms with Gasteiger partial charge in [-0.25, -0.2) is 9.78 Å². The smallest absolute Gasteiger partial charge is 0.345 e. The molecule has 8 heteroatoms. The maximum absolute atomic E-state index is 11.5. The minimum Gasteiger partial charge on any atom is -0.467 e. The van der Waals surface area contributed by atoms with Crippen LogP contribution >= 0.6 is 11.3 Å². The number of methoxy groups -OCH3 is 1. The Kier molecular flexibility index (Phi) is 4.38. The second kappa shape index (κ2) is 5.58. The van der Waals surface area contributed by atoms with Crippen LogP contribution in [0.25, 0.3) is 0 Å². The predicted molar refractivity (Wildman–Crippen MR) is 63.0 cm³/mol. The van der Waals surface area contributed by atoms with Gasteiger partial charge in [-0.05, 0) is 17.3 Å². The van der Waals surface area contributed by atoms with E-state index in [0.717, 1.165) is 17.5 Å². The number of hydrogen-bond donors (Lipinski definition) is 1.